The van der Waals surface area contributed by atoms with Crippen molar-refractivity contribution >= 4 is 22.9 Å². The quantitative estimate of drug-likeness (QED) is 0.492. The zero-order chi connectivity index (χ0) is 20.3. The maximum atomic E-state index is 14.0. The van der Waals surface area contributed by atoms with E-state index in [1.165, 1.54) is 18.2 Å². The van der Waals surface area contributed by atoms with Crippen LogP contribution in [0.1, 0.15) is 27.9 Å². The van der Waals surface area contributed by atoms with Crippen LogP contribution in [0.4, 0.5) is 4.39 Å². The van der Waals surface area contributed by atoms with Crippen LogP contribution in [0.15, 0.2) is 36.4 Å². The molecule has 0 aliphatic rings. The summed E-state index contributed by atoms with van der Waals surface area (Å²) >= 11 is 0. The van der Waals surface area contributed by atoms with Gasteiger partial charge < -0.3 is 20.5 Å². The summed E-state index contributed by atoms with van der Waals surface area (Å²) in [6.45, 7) is 3.99. The van der Waals surface area contributed by atoms with Gasteiger partial charge in [0.25, 0.3) is 0 Å². The normalized spacial score (nSPS) is 11.4. The zero-order valence-corrected chi connectivity index (χ0v) is 15.8. The van der Waals surface area contributed by atoms with E-state index >= 15 is 0 Å². The van der Waals surface area contributed by atoms with E-state index in [0.717, 1.165) is 22.2 Å². The van der Waals surface area contributed by atoms with Crippen LogP contribution in [0.2, 0.25) is 0 Å². The van der Waals surface area contributed by atoms with Crippen molar-refractivity contribution in [2.75, 3.05) is 6.54 Å². The van der Waals surface area contributed by atoms with Gasteiger partial charge in [-0.05, 0) is 61.2 Å². The summed E-state index contributed by atoms with van der Waals surface area (Å²) in [7, 11) is 0. The number of phenols is 1. The van der Waals surface area contributed by atoms with Gasteiger partial charge in [-0.25, -0.2) is 4.39 Å². The lowest BCUT2D eigenvalue weighted by Crippen LogP contribution is -2.23. The van der Waals surface area contributed by atoms with E-state index in [1.807, 2.05) is 13.8 Å². The molecule has 1 aromatic heterocycles. The van der Waals surface area contributed by atoms with Crippen molar-refractivity contribution in [1.82, 2.24) is 10.3 Å². The highest BCUT2D eigenvalue weighted by atomic mass is 19.1. The molecule has 2 aromatic carbocycles. The lowest BCUT2D eigenvalue weighted by Gasteiger charge is -2.05. The summed E-state index contributed by atoms with van der Waals surface area (Å²) in [5.41, 5.74) is 4.51. The molecular weight excluding hydrogens is 359 g/mol. The molecule has 0 saturated heterocycles. The van der Waals surface area contributed by atoms with Gasteiger partial charge in [0.2, 0.25) is 5.91 Å². The van der Waals surface area contributed by atoms with Crippen LogP contribution in [-0.2, 0) is 17.8 Å². The number of aromatic hydroxyl groups is 1. The summed E-state index contributed by atoms with van der Waals surface area (Å²) in [6, 6.07) is 7.96. The fourth-order valence-electron chi connectivity index (χ4n) is 3.33. The maximum Gasteiger partial charge on any atom is 0.244 e. The van der Waals surface area contributed by atoms with Gasteiger partial charge in [-0.15, -0.1) is 0 Å². The van der Waals surface area contributed by atoms with Gasteiger partial charge in [0.15, 0.2) is 0 Å². The summed E-state index contributed by atoms with van der Waals surface area (Å²) in [5.74, 6) is -0.512. The molecule has 3 rings (SSSR count). The van der Waals surface area contributed by atoms with Crippen molar-refractivity contribution in [2.45, 2.75) is 26.9 Å². The number of fused-ring (bicyclic) bond motifs is 1. The van der Waals surface area contributed by atoms with Gasteiger partial charge in [0.1, 0.15) is 11.6 Å². The lowest BCUT2D eigenvalue weighted by molar-refractivity contribution is -0.116. The molecule has 0 bridgehead atoms. The second-order valence-corrected chi connectivity index (χ2v) is 6.76. The highest BCUT2D eigenvalue weighted by Gasteiger charge is 2.13. The number of benzene rings is 2. The number of hydrogen-bond acceptors (Lipinski definition) is 3. The van der Waals surface area contributed by atoms with Gasteiger partial charge in [-0.3, -0.25) is 4.79 Å². The van der Waals surface area contributed by atoms with E-state index in [0.29, 0.717) is 29.6 Å². The minimum absolute atomic E-state index is 0.0185. The third kappa shape index (κ3) is 4.07. The lowest BCUT2D eigenvalue weighted by atomic mass is 10.0. The van der Waals surface area contributed by atoms with E-state index in [2.05, 4.69) is 10.3 Å². The topological polar surface area (TPSA) is 85.4 Å². The minimum Gasteiger partial charge on any atom is -0.508 e. The second-order valence-electron chi connectivity index (χ2n) is 6.76. The Kier molecular flexibility index (Phi) is 5.80. The van der Waals surface area contributed by atoms with Crippen LogP contribution in [0.25, 0.3) is 17.0 Å². The molecule has 28 heavy (non-hydrogen) atoms. The van der Waals surface area contributed by atoms with Crippen molar-refractivity contribution in [3.05, 3.63) is 70.2 Å². The van der Waals surface area contributed by atoms with E-state index in [4.69, 9.17) is 0 Å². The van der Waals surface area contributed by atoms with Crippen molar-refractivity contribution < 1.29 is 19.4 Å². The summed E-state index contributed by atoms with van der Waals surface area (Å²) in [5, 5.41) is 22.4. The number of halogens is 1. The van der Waals surface area contributed by atoms with Gasteiger partial charge in [0, 0.05) is 29.3 Å². The fraction of sp³-hybridized carbons (Fsp3) is 0.227. The van der Waals surface area contributed by atoms with Crippen molar-refractivity contribution in [3.63, 3.8) is 0 Å². The van der Waals surface area contributed by atoms with Crippen molar-refractivity contribution in [2.24, 2.45) is 0 Å². The number of hydrogen-bond donors (Lipinski definition) is 4. The average Bonchev–Trinajstić information content (AvgIpc) is 3.02. The Morgan fingerprint density at radius 2 is 2.04 bits per heavy atom. The van der Waals surface area contributed by atoms with Crippen LogP contribution in [0, 0.1) is 19.7 Å². The number of H-pyrrole nitrogens is 1. The number of aromatic nitrogens is 1. The molecule has 0 aliphatic heterocycles. The molecule has 1 heterocycles. The number of aliphatic hydroxyl groups excluding tert-OH is 1. The molecule has 0 radical (unpaired) electrons. The Morgan fingerprint density at radius 3 is 2.79 bits per heavy atom. The number of carbonyl (C=O) groups excluding carboxylic acids is 1. The SMILES string of the molecule is Cc1[nH]c2c(F)ccc(C)c2c1CCNC(=O)C=Cc1ccc(O)c(CO)c1. The van der Waals surface area contributed by atoms with Crippen molar-refractivity contribution in [3.8, 4) is 5.75 Å². The molecule has 0 fully saturated rings. The Morgan fingerprint density at radius 1 is 1.25 bits per heavy atom. The predicted molar refractivity (Wildman–Crippen MR) is 108 cm³/mol. The standard InChI is InChI=1S/C22H23FN2O3/c1-13-3-6-18(23)22-21(13)17(14(2)25-22)9-10-24-20(28)8-5-15-4-7-19(27)16(11-15)12-26/h3-8,11,25-27H,9-10,12H2,1-2H3,(H,24,28). The zero-order valence-electron chi connectivity index (χ0n) is 15.8. The van der Waals surface area contributed by atoms with E-state index in [1.54, 1.807) is 24.3 Å². The number of nitrogens with one attached hydrogen (secondary N) is 2. The second kappa shape index (κ2) is 8.27. The highest BCUT2D eigenvalue weighted by molar-refractivity contribution is 5.92. The van der Waals surface area contributed by atoms with Crippen LogP contribution < -0.4 is 5.32 Å². The van der Waals surface area contributed by atoms with Gasteiger partial charge in [-0.2, -0.15) is 0 Å². The number of amides is 1. The monoisotopic (exact) mass is 382 g/mol. The van der Waals surface area contributed by atoms with Gasteiger partial charge >= 0.3 is 0 Å². The Labute approximate surface area is 162 Å². The number of aliphatic hydroxyl groups is 1. The molecule has 3 aromatic rings. The Balaban J connectivity index is 1.64. The van der Waals surface area contributed by atoms with E-state index in [-0.39, 0.29) is 24.1 Å². The number of aryl methyl sites for hydroxylation is 2. The number of aromatic amines is 1. The van der Waals surface area contributed by atoms with Crippen LogP contribution in [-0.4, -0.2) is 27.6 Å². The summed E-state index contributed by atoms with van der Waals surface area (Å²) in [6.07, 6.45) is 3.61. The van der Waals surface area contributed by atoms with Crippen molar-refractivity contribution in [1.29, 1.82) is 0 Å². The molecule has 4 N–H and O–H groups in total. The van der Waals surface area contributed by atoms with Crippen LogP contribution in [0.3, 0.4) is 0 Å². The smallest absolute Gasteiger partial charge is 0.244 e. The third-order valence-electron chi connectivity index (χ3n) is 4.81. The summed E-state index contributed by atoms with van der Waals surface area (Å²) in [4.78, 5) is 15.2. The Hall–Kier alpha value is -3.12. The molecule has 0 unspecified atom stereocenters. The van der Waals surface area contributed by atoms with Crippen LogP contribution >= 0.6 is 0 Å². The molecule has 0 aliphatic carbocycles. The molecular formula is C22H23FN2O3. The molecule has 5 nitrogen and oxygen atoms in total. The fourth-order valence-corrected chi connectivity index (χ4v) is 3.33. The molecule has 0 spiro atoms. The van der Waals surface area contributed by atoms with Gasteiger partial charge in [0.05, 0.1) is 12.1 Å². The third-order valence-corrected chi connectivity index (χ3v) is 4.81. The molecule has 6 heteroatoms. The molecule has 0 saturated carbocycles. The first-order valence-electron chi connectivity index (χ1n) is 9.05. The molecule has 1 amide bonds. The largest absolute Gasteiger partial charge is 0.508 e. The first kappa shape index (κ1) is 19.6. The minimum atomic E-state index is -0.280. The summed E-state index contributed by atoms with van der Waals surface area (Å²) < 4.78 is 14.0. The number of carbonyl (C=O) groups is 1. The number of rotatable bonds is 6. The molecule has 146 valence electrons. The van der Waals surface area contributed by atoms with Gasteiger partial charge in [-0.1, -0.05) is 12.1 Å². The highest BCUT2D eigenvalue weighted by Crippen LogP contribution is 2.27. The maximum absolute atomic E-state index is 14.0. The predicted octanol–water partition coefficient (Wildman–Crippen LogP) is 3.49. The first-order chi connectivity index (χ1) is 13.4. The average molecular weight is 382 g/mol. The van der Waals surface area contributed by atoms with E-state index in [9.17, 15) is 19.4 Å². The Bertz CT molecular complexity index is 1050. The van der Waals surface area contributed by atoms with E-state index < -0.39 is 0 Å². The van der Waals surface area contributed by atoms with Crippen LogP contribution in [0.5, 0.6) is 5.75 Å². The first-order valence-corrected chi connectivity index (χ1v) is 9.05. The molecule has 0 atom stereocenters.